The molecule has 6 nitrogen and oxygen atoms in total. The summed E-state index contributed by atoms with van der Waals surface area (Å²) >= 11 is 0. The first-order valence-electron chi connectivity index (χ1n) is 8.81. The Balaban J connectivity index is 1.76. The maximum atomic E-state index is 12.5. The van der Waals surface area contributed by atoms with Crippen LogP contribution in [-0.2, 0) is 16.6 Å². The van der Waals surface area contributed by atoms with Crippen molar-refractivity contribution in [2.45, 2.75) is 38.6 Å². The zero-order chi connectivity index (χ0) is 19.6. The van der Waals surface area contributed by atoms with Crippen molar-refractivity contribution < 1.29 is 14.7 Å². The molecule has 3 aromatic rings. The van der Waals surface area contributed by atoms with E-state index in [1.807, 2.05) is 30.3 Å². The zero-order valence-corrected chi connectivity index (χ0v) is 15.6. The highest BCUT2D eigenvalue weighted by molar-refractivity contribution is 5.95. The Bertz CT molecular complexity index is 968. The Morgan fingerprint density at radius 3 is 2.56 bits per heavy atom. The number of aliphatic carboxylic acids is 1. The first-order valence-corrected chi connectivity index (χ1v) is 8.81. The van der Waals surface area contributed by atoms with E-state index in [2.05, 4.69) is 36.1 Å². The van der Waals surface area contributed by atoms with Crippen LogP contribution in [-0.4, -0.2) is 33.0 Å². The number of H-pyrrole nitrogens is 1. The third-order valence-corrected chi connectivity index (χ3v) is 4.56. The number of benzene rings is 1. The quantitative estimate of drug-likeness (QED) is 0.646. The highest BCUT2D eigenvalue weighted by atomic mass is 16.4. The molecule has 3 N–H and O–H groups in total. The molecule has 0 fully saturated rings. The van der Waals surface area contributed by atoms with Gasteiger partial charge in [-0.15, -0.1) is 0 Å². The lowest BCUT2D eigenvalue weighted by Gasteiger charge is -2.19. The number of pyridine rings is 1. The van der Waals surface area contributed by atoms with Gasteiger partial charge in [-0.05, 0) is 28.7 Å². The molecule has 1 atom stereocenters. The van der Waals surface area contributed by atoms with E-state index in [0.29, 0.717) is 0 Å². The van der Waals surface area contributed by atoms with Crippen molar-refractivity contribution in [2.24, 2.45) is 0 Å². The van der Waals surface area contributed by atoms with E-state index < -0.39 is 17.9 Å². The molecule has 3 rings (SSSR count). The molecule has 0 bridgehead atoms. The second kappa shape index (κ2) is 7.23. The number of para-hydroxylation sites is 1. The first-order chi connectivity index (χ1) is 12.8. The lowest BCUT2D eigenvalue weighted by Crippen LogP contribution is -2.42. The average molecular weight is 365 g/mol. The van der Waals surface area contributed by atoms with Crippen LogP contribution >= 0.6 is 0 Å². The molecule has 0 saturated heterocycles. The van der Waals surface area contributed by atoms with Crippen molar-refractivity contribution >= 4 is 22.8 Å². The minimum absolute atomic E-state index is 0.0685. The van der Waals surface area contributed by atoms with Crippen LogP contribution in [0.1, 0.15) is 42.4 Å². The summed E-state index contributed by atoms with van der Waals surface area (Å²) in [6.07, 6.45) is 3.62. The van der Waals surface area contributed by atoms with Crippen molar-refractivity contribution in [1.82, 2.24) is 15.3 Å². The number of carbonyl (C=O) groups excluding carboxylic acids is 1. The number of nitrogens with one attached hydrogen (secondary N) is 2. The highest BCUT2D eigenvalue weighted by Gasteiger charge is 2.23. The number of aromatic amines is 1. The topological polar surface area (TPSA) is 95.1 Å². The minimum atomic E-state index is -1.08. The normalized spacial score (nSPS) is 12.7. The number of carbonyl (C=O) groups is 2. The van der Waals surface area contributed by atoms with Gasteiger partial charge in [-0.1, -0.05) is 45.0 Å². The Morgan fingerprint density at radius 2 is 1.93 bits per heavy atom. The van der Waals surface area contributed by atoms with Crippen molar-refractivity contribution in [3.05, 3.63) is 65.6 Å². The average Bonchev–Trinajstić information content (AvgIpc) is 3.03. The molecular weight excluding hydrogens is 342 g/mol. The smallest absolute Gasteiger partial charge is 0.326 e. The third kappa shape index (κ3) is 4.16. The molecule has 0 aliphatic heterocycles. The number of amides is 1. The molecule has 6 heteroatoms. The number of carboxylic acid groups (broad SMARTS) is 1. The van der Waals surface area contributed by atoms with Gasteiger partial charge in [0.1, 0.15) is 11.7 Å². The Morgan fingerprint density at radius 1 is 1.19 bits per heavy atom. The molecule has 1 unspecified atom stereocenters. The monoisotopic (exact) mass is 365 g/mol. The van der Waals surface area contributed by atoms with E-state index in [0.717, 1.165) is 22.0 Å². The summed E-state index contributed by atoms with van der Waals surface area (Å²) in [5, 5.41) is 13.1. The van der Waals surface area contributed by atoms with Gasteiger partial charge in [-0.3, -0.25) is 9.78 Å². The van der Waals surface area contributed by atoms with E-state index in [1.165, 1.54) is 0 Å². The van der Waals surface area contributed by atoms with Gasteiger partial charge in [0.05, 0.1) is 0 Å². The fraction of sp³-hybridized carbons (Fsp3) is 0.286. The van der Waals surface area contributed by atoms with Gasteiger partial charge in [0.25, 0.3) is 5.91 Å². The van der Waals surface area contributed by atoms with Crippen LogP contribution in [0.5, 0.6) is 0 Å². The molecule has 2 aromatic heterocycles. The Kier molecular flexibility index (Phi) is 4.99. The molecular formula is C21H23N3O3. The van der Waals surface area contributed by atoms with E-state index in [4.69, 9.17) is 0 Å². The molecule has 0 radical (unpaired) electrons. The molecule has 140 valence electrons. The van der Waals surface area contributed by atoms with E-state index in [1.54, 1.807) is 18.5 Å². The summed E-state index contributed by atoms with van der Waals surface area (Å²) in [6.45, 7) is 6.18. The molecule has 27 heavy (non-hydrogen) atoms. The van der Waals surface area contributed by atoms with Gasteiger partial charge < -0.3 is 15.4 Å². The lowest BCUT2D eigenvalue weighted by molar-refractivity contribution is -0.139. The predicted molar refractivity (Wildman–Crippen MR) is 104 cm³/mol. The number of fused-ring (bicyclic) bond motifs is 1. The van der Waals surface area contributed by atoms with E-state index >= 15 is 0 Å². The summed E-state index contributed by atoms with van der Waals surface area (Å²) in [7, 11) is 0. The van der Waals surface area contributed by atoms with E-state index in [9.17, 15) is 14.7 Å². The summed E-state index contributed by atoms with van der Waals surface area (Å²) in [6, 6.07) is 10.1. The van der Waals surface area contributed by atoms with Gasteiger partial charge in [0.15, 0.2) is 0 Å². The second-order valence-electron chi connectivity index (χ2n) is 7.61. The van der Waals surface area contributed by atoms with Gasteiger partial charge >= 0.3 is 5.97 Å². The standard InChI is InChI=1S/C21H23N3O3/c1-21(2,3)14-8-9-17(23-12-14)19(25)24-18(20(26)27)10-13-11-22-16-7-5-4-6-15(13)16/h4-9,11-12,18,22H,10H2,1-3H3,(H,24,25)(H,26,27). The van der Waals surface area contributed by atoms with Crippen LogP contribution in [0.25, 0.3) is 10.9 Å². The number of aromatic nitrogens is 2. The maximum absolute atomic E-state index is 12.5. The van der Waals surface area contributed by atoms with Gasteiger partial charge in [-0.2, -0.15) is 0 Å². The highest BCUT2D eigenvalue weighted by Crippen LogP contribution is 2.21. The summed E-state index contributed by atoms with van der Waals surface area (Å²) in [5.74, 6) is -1.58. The maximum Gasteiger partial charge on any atom is 0.326 e. The number of rotatable bonds is 5. The molecule has 0 saturated carbocycles. The van der Waals surface area contributed by atoms with Crippen LogP contribution in [0.4, 0.5) is 0 Å². The number of hydrogen-bond acceptors (Lipinski definition) is 3. The third-order valence-electron chi connectivity index (χ3n) is 4.56. The molecule has 1 amide bonds. The van der Waals surface area contributed by atoms with Crippen molar-refractivity contribution in [3.63, 3.8) is 0 Å². The molecule has 2 heterocycles. The van der Waals surface area contributed by atoms with Crippen LogP contribution < -0.4 is 5.32 Å². The molecule has 1 aromatic carbocycles. The van der Waals surface area contributed by atoms with Crippen LogP contribution in [0, 0.1) is 0 Å². The summed E-state index contributed by atoms with van der Waals surface area (Å²) in [5.41, 5.74) is 2.92. The van der Waals surface area contributed by atoms with Gasteiger partial charge in [0.2, 0.25) is 0 Å². The van der Waals surface area contributed by atoms with Crippen LogP contribution in [0.2, 0.25) is 0 Å². The molecule has 0 aliphatic rings. The van der Waals surface area contributed by atoms with E-state index in [-0.39, 0.29) is 17.5 Å². The number of hydrogen-bond donors (Lipinski definition) is 3. The fourth-order valence-electron chi connectivity index (χ4n) is 2.92. The van der Waals surface area contributed by atoms with Crippen LogP contribution in [0.15, 0.2) is 48.8 Å². The SMILES string of the molecule is CC(C)(C)c1ccc(C(=O)NC(Cc2c[nH]c3ccccc23)C(=O)O)nc1. The Hall–Kier alpha value is -3.15. The molecule has 0 spiro atoms. The van der Waals surface area contributed by atoms with Crippen molar-refractivity contribution in [1.29, 1.82) is 0 Å². The van der Waals surface area contributed by atoms with Gasteiger partial charge in [0, 0.05) is 29.7 Å². The Labute approximate surface area is 157 Å². The summed E-state index contributed by atoms with van der Waals surface area (Å²) in [4.78, 5) is 31.4. The number of nitrogens with zero attached hydrogens (tertiary/aromatic N) is 1. The lowest BCUT2D eigenvalue weighted by atomic mass is 9.88. The zero-order valence-electron chi connectivity index (χ0n) is 15.6. The first kappa shape index (κ1) is 18.6. The summed E-state index contributed by atoms with van der Waals surface area (Å²) < 4.78 is 0. The second-order valence-corrected chi connectivity index (χ2v) is 7.61. The predicted octanol–water partition coefficient (Wildman–Crippen LogP) is 3.29. The fourth-order valence-corrected chi connectivity index (χ4v) is 2.92. The molecule has 0 aliphatic carbocycles. The largest absolute Gasteiger partial charge is 0.480 e. The minimum Gasteiger partial charge on any atom is -0.480 e. The van der Waals surface area contributed by atoms with Gasteiger partial charge in [-0.25, -0.2) is 4.79 Å². The number of carboxylic acids is 1. The van der Waals surface area contributed by atoms with Crippen molar-refractivity contribution in [2.75, 3.05) is 0 Å². The van der Waals surface area contributed by atoms with Crippen LogP contribution in [0.3, 0.4) is 0 Å². The van der Waals surface area contributed by atoms with Crippen molar-refractivity contribution in [3.8, 4) is 0 Å².